The van der Waals surface area contributed by atoms with E-state index in [1.807, 2.05) is 66.0 Å². The third-order valence-corrected chi connectivity index (χ3v) is 10.5. The van der Waals surface area contributed by atoms with Crippen molar-refractivity contribution in [2.24, 2.45) is 0 Å². The molecule has 1 aliphatic heterocycles. The Morgan fingerprint density at radius 1 is 0.980 bits per heavy atom. The molecule has 0 saturated carbocycles. The van der Waals surface area contributed by atoms with Gasteiger partial charge in [0.05, 0.1) is 27.6 Å². The summed E-state index contributed by atoms with van der Waals surface area (Å²) < 4.78 is 5.50. The number of rotatable bonds is 15. The highest BCUT2D eigenvalue weighted by Crippen LogP contribution is 2.21. The number of nitrogens with zero attached hydrogens (tertiary/aromatic N) is 4. The molecule has 0 spiro atoms. The molecular weight excluding hydrogens is 671 g/mol. The van der Waals surface area contributed by atoms with Crippen LogP contribution in [0.25, 0.3) is 0 Å². The number of carbonyl (C=O) groups excluding carboxylic acids is 3. The van der Waals surface area contributed by atoms with Crippen molar-refractivity contribution in [1.29, 1.82) is 0 Å². The van der Waals surface area contributed by atoms with Gasteiger partial charge in [0.25, 0.3) is 0 Å². The molecule has 50 heavy (non-hydrogen) atoms. The number of thiazole rings is 2. The van der Waals surface area contributed by atoms with Crippen LogP contribution >= 0.6 is 22.7 Å². The van der Waals surface area contributed by atoms with Crippen molar-refractivity contribution in [3.63, 3.8) is 0 Å². The predicted molar refractivity (Wildman–Crippen MR) is 197 cm³/mol. The van der Waals surface area contributed by atoms with E-state index < -0.39 is 12.1 Å². The lowest BCUT2D eigenvalue weighted by molar-refractivity contribution is -0.127. The first-order chi connectivity index (χ1) is 24.2. The van der Waals surface area contributed by atoms with Crippen molar-refractivity contribution in [3.05, 3.63) is 104 Å². The highest BCUT2D eigenvalue weighted by Gasteiger charge is 2.35. The molecule has 4 aromatic rings. The van der Waals surface area contributed by atoms with Crippen LogP contribution in [0.2, 0.25) is 0 Å². The molecule has 13 heteroatoms. The molecule has 1 saturated heterocycles. The first-order valence-corrected chi connectivity index (χ1v) is 18.9. The molecule has 0 aliphatic carbocycles. The molecule has 3 N–H and O–H groups in total. The second-order valence-corrected chi connectivity index (χ2v) is 14.8. The molecule has 266 valence electrons. The Labute approximate surface area is 302 Å². The molecule has 3 heterocycles. The van der Waals surface area contributed by atoms with E-state index in [9.17, 15) is 14.4 Å². The molecule has 2 aromatic heterocycles. The Hall–Kier alpha value is -4.33. The van der Waals surface area contributed by atoms with E-state index in [1.54, 1.807) is 39.9 Å². The summed E-state index contributed by atoms with van der Waals surface area (Å²) in [6.07, 6.45) is 3.62. The molecule has 11 nitrogen and oxygen atoms in total. The highest BCUT2D eigenvalue weighted by atomic mass is 32.1. The summed E-state index contributed by atoms with van der Waals surface area (Å²) in [7, 11) is 1.76. The smallest absolute Gasteiger partial charge is 0.407 e. The van der Waals surface area contributed by atoms with Gasteiger partial charge in [-0.05, 0) is 36.8 Å². The van der Waals surface area contributed by atoms with Gasteiger partial charge in [0, 0.05) is 56.3 Å². The van der Waals surface area contributed by atoms with E-state index in [4.69, 9.17) is 4.74 Å². The number of benzene rings is 2. The van der Waals surface area contributed by atoms with Crippen LogP contribution in [0, 0.1) is 0 Å². The zero-order chi connectivity index (χ0) is 35.3. The molecule has 1 fully saturated rings. The van der Waals surface area contributed by atoms with E-state index in [0.717, 1.165) is 26.7 Å². The van der Waals surface area contributed by atoms with Crippen molar-refractivity contribution in [2.45, 2.75) is 76.7 Å². The van der Waals surface area contributed by atoms with E-state index >= 15 is 0 Å². The second kappa shape index (κ2) is 18.6. The van der Waals surface area contributed by atoms with Crippen molar-refractivity contribution in [1.82, 2.24) is 35.7 Å². The minimum Gasteiger partial charge on any atom is -0.444 e. The fourth-order valence-corrected chi connectivity index (χ4v) is 7.30. The third kappa shape index (κ3) is 11.1. The maximum Gasteiger partial charge on any atom is 0.407 e. The first kappa shape index (κ1) is 36.9. The van der Waals surface area contributed by atoms with Crippen LogP contribution in [-0.4, -0.2) is 82.6 Å². The van der Waals surface area contributed by atoms with E-state index in [2.05, 4.69) is 39.8 Å². The molecule has 3 atom stereocenters. The summed E-state index contributed by atoms with van der Waals surface area (Å²) >= 11 is 3.04. The van der Waals surface area contributed by atoms with E-state index in [-0.39, 0.29) is 30.6 Å². The molecule has 0 bridgehead atoms. The van der Waals surface area contributed by atoms with Crippen LogP contribution in [-0.2, 0) is 35.5 Å². The normalized spacial score (nSPS) is 15.7. The molecule has 4 amide bonds. The van der Waals surface area contributed by atoms with Crippen molar-refractivity contribution >= 4 is 40.7 Å². The second-order valence-electron chi connectivity index (χ2n) is 12.9. The molecule has 0 radical (unpaired) electrons. The number of piperazine rings is 1. The standard InChI is InChI=1S/C37H47N7O4S2/c1-26(2)35-41-31(24-49-35)22-43(3)37(47)44-17-16-38-21-33(44)34(45)40-29(18-27-10-6-4-7-11-27)14-15-30(19-28-12-8-5-9-13-28)42-36(46)48-23-32-20-39-25-50-32/h4-13,20,24-26,29-30,33,38H,14-19,21-23H2,1-3H3,(H,40,45)(H,42,46). The topological polar surface area (TPSA) is 129 Å². The predicted octanol–water partition coefficient (Wildman–Crippen LogP) is 5.59. The van der Waals surface area contributed by atoms with Crippen LogP contribution in [0.1, 0.15) is 59.3 Å². The summed E-state index contributed by atoms with van der Waals surface area (Å²) in [5.74, 6) is 0.124. The van der Waals surface area contributed by atoms with Crippen LogP contribution in [0.15, 0.2) is 77.8 Å². The zero-order valence-electron chi connectivity index (χ0n) is 28.9. The number of aromatic nitrogens is 2. The molecule has 2 aromatic carbocycles. The molecule has 5 rings (SSSR count). The minimum absolute atomic E-state index is 0.157. The zero-order valence-corrected chi connectivity index (χ0v) is 30.6. The third-order valence-electron chi connectivity index (χ3n) is 8.59. The van der Waals surface area contributed by atoms with E-state index in [1.165, 1.54) is 11.3 Å². The van der Waals surface area contributed by atoms with Crippen LogP contribution in [0.4, 0.5) is 9.59 Å². The average molecular weight is 718 g/mol. The fraction of sp³-hybridized carbons (Fsp3) is 0.432. The Morgan fingerprint density at radius 2 is 1.64 bits per heavy atom. The average Bonchev–Trinajstić information content (AvgIpc) is 3.83. The van der Waals surface area contributed by atoms with Gasteiger partial charge in [-0.3, -0.25) is 9.78 Å². The monoisotopic (exact) mass is 717 g/mol. The number of alkyl carbamates (subject to hydrolysis) is 1. The molecule has 1 aliphatic rings. The summed E-state index contributed by atoms with van der Waals surface area (Å²) in [4.78, 5) is 53.5. The highest BCUT2D eigenvalue weighted by molar-refractivity contribution is 7.09. The van der Waals surface area contributed by atoms with Crippen LogP contribution < -0.4 is 16.0 Å². The van der Waals surface area contributed by atoms with Crippen LogP contribution in [0.5, 0.6) is 0 Å². The Balaban J connectivity index is 1.26. The molecular formula is C37H47N7O4S2. The lowest BCUT2D eigenvalue weighted by atomic mass is 9.95. The van der Waals surface area contributed by atoms with Crippen LogP contribution in [0.3, 0.4) is 0 Å². The van der Waals surface area contributed by atoms with Gasteiger partial charge in [-0.25, -0.2) is 14.6 Å². The Morgan fingerprint density at radius 3 is 2.24 bits per heavy atom. The van der Waals surface area contributed by atoms with Gasteiger partial charge < -0.3 is 30.5 Å². The Kier molecular flexibility index (Phi) is 13.7. The van der Waals surface area contributed by atoms with Gasteiger partial charge in [-0.15, -0.1) is 22.7 Å². The fourth-order valence-electron chi connectivity index (χ4n) is 5.96. The number of carbonyl (C=O) groups is 3. The van der Waals surface area contributed by atoms with Gasteiger partial charge in [0.2, 0.25) is 5.91 Å². The lowest BCUT2D eigenvalue weighted by Crippen LogP contribution is -2.62. The maximum absolute atomic E-state index is 14.0. The van der Waals surface area contributed by atoms with E-state index in [0.29, 0.717) is 57.8 Å². The van der Waals surface area contributed by atoms with Gasteiger partial charge in [-0.1, -0.05) is 74.5 Å². The quantitative estimate of drug-likeness (QED) is 0.146. The minimum atomic E-state index is -0.668. The Bertz CT molecular complexity index is 1640. The number of nitrogens with one attached hydrogen (secondary N) is 3. The summed E-state index contributed by atoms with van der Waals surface area (Å²) in [6.45, 7) is 6.13. The van der Waals surface area contributed by atoms with Crippen molar-refractivity contribution < 1.29 is 19.1 Å². The number of hydrogen-bond acceptors (Lipinski definition) is 9. The summed E-state index contributed by atoms with van der Waals surface area (Å²) in [5.41, 5.74) is 4.73. The van der Waals surface area contributed by atoms with Gasteiger partial charge in [0.15, 0.2) is 0 Å². The van der Waals surface area contributed by atoms with Crippen molar-refractivity contribution in [3.8, 4) is 0 Å². The van der Waals surface area contributed by atoms with Gasteiger partial charge in [0.1, 0.15) is 12.6 Å². The molecule has 3 unspecified atom stereocenters. The SMILES string of the molecule is CC(C)c1nc(CN(C)C(=O)N2CCNCC2C(=O)NC(CCC(Cc2ccccc2)NC(=O)OCc2cncs2)Cc2ccccc2)cs1. The van der Waals surface area contributed by atoms with Crippen molar-refractivity contribution in [2.75, 3.05) is 26.7 Å². The van der Waals surface area contributed by atoms with Gasteiger partial charge in [-0.2, -0.15) is 0 Å². The summed E-state index contributed by atoms with van der Waals surface area (Å²) in [6, 6.07) is 18.7. The number of urea groups is 1. The summed E-state index contributed by atoms with van der Waals surface area (Å²) in [5, 5.41) is 12.7. The number of hydrogen-bond donors (Lipinski definition) is 3. The van der Waals surface area contributed by atoms with Gasteiger partial charge >= 0.3 is 12.1 Å². The first-order valence-electron chi connectivity index (χ1n) is 17.1. The number of amides is 4. The largest absolute Gasteiger partial charge is 0.444 e. The maximum atomic E-state index is 14.0. The number of ether oxygens (including phenoxy) is 1. The lowest BCUT2D eigenvalue weighted by Gasteiger charge is -2.38.